The van der Waals surface area contributed by atoms with Crippen molar-refractivity contribution in [3.8, 4) is 5.75 Å². The number of aromatic nitrogens is 1. The molecule has 0 fully saturated rings. The maximum Gasteiger partial charge on any atom is 0.119 e. The molecule has 4 nitrogen and oxygen atoms in total. The second-order valence-corrected chi connectivity index (χ2v) is 4.40. The highest BCUT2D eigenvalue weighted by Gasteiger charge is 2.12. The van der Waals surface area contributed by atoms with E-state index in [-0.39, 0.29) is 12.6 Å². The lowest BCUT2D eigenvalue weighted by molar-refractivity contribution is 0.276. The quantitative estimate of drug-likeness (QED) is 0.855. The third-order valence-corrected chi connectivity index (χ3v) is 3.25. The van der Waals surface area contributed by atoms with E-state index in [4.69, 9.17) is 4.74 Å². The molecular weight excluding hydrogens is 236 g/mol. The van der Waals surface area contributed by atoms with Gasteiger partial charge in [-0.3, -0.25) is 0 Å². The largest absolute Gasteiger partial charge is 0.497 e. The summed E-state index contributed by atoms with van der Waals surface area (Å²) in [6, 6.07) is 7.41. The van der Waals surface area contributed by atoms with Crippen molar-refractivity contribution in [2.45, 2.75) is 6.04 Å². The van der Waals surface area contributed by atoms with E-state index in [0.29, 0.717) is 0 Å². The van der Waals surface area contributed by atoms with E-state index in [1.807, 2.05) is 29.6 Å². The number of methoxy groups -OCH3 is 1. The van der Waals surface area contributed by atoms with Gasteiger partial charge in [-0.15, -0.1) is 11.3 Å². The second kappa shape index (κ2) is 5.65. The Morgan fingerprint density at radius 3 is 2.71 bits per heavy atom. The zero-order valence-corrected chi connectivity index (χ0v) is 10.3. The minimum Gasteiger partial charge on any atom is -0.497 e. The lowest BCUT2D eigenvalue weighted by Crippen LogP contribution is -2.14. The van der Waals surface area contributed by atoms with Gasteiger partial charge in [0.05, 0.1) is 13.7 Å². The van der Waals surface area contributed by atoms with Crippen molar-refractivity contribution >= 4 is 17.0 Å². The Labute approximate surface area is 104 Å². The van der Waals surface area contributed by atoms with Crippen molar-refractivity contribution in [1.82, 2.24) is 4.98 Å². The van der Waals surface area contributed by atoms with Gasteiger partial charge in [0.2, 0.25) is 0 Å². The number of aliphatic hydroxyl groups excluding tert-OH is 1. The van der Waals surface area contributed by atoms with Crippen LogP contribution < -0.4 is 10.1 Å². The highest BCUT2D eigenvalue weighted by Crippen LogP contribution is 2.22. The molecule has 2 aromatic rings. The van der Waals surface area contributed by atoms with Crippen LogP contribution in [0.1, 0.15) is 11.0 Å². The van der Waals surface area contributed by atoms with Crippen molar-refractivity contribution in [3.05, 3.63) is 40.8 Å². The van der Waals surface area contributed by atoms with Gasteiger partial charge >= 0.3 is 0 Å². The maximum absolute atomic E-state index is 9.34. The predicted molar refractivity (Wildman–Crippen MR) is 68.6 cm³/mol. The van der Waals surface area contributed by atoms with Crippen molar-refractivity contribution < 1.29 is 9.84 Å². The summed E-state index contributed by atoms with van der Waals surface area (Å²) >= 11 is 1.52. The lowest BCUT2D eigenvalue weighted by atomic mass is 10.2. The molecule has 0 aliphatic carbocycles. The molecule has 0 bridgehead atoms. The molecule has 0 aliphatic heterocycles. The lowest BCUT2D eigenvalue weighted by Gasteiger charge is -2.15. The average Bonchev–Trinajstić information content (AvgIpc) is 2.90. The van der Waals surface area contributed by atoms with E-state index < -0.39 is 0 Å². The number of hydrogen-bond donors (Lipinski definition) is 2. The summed E-state index contributed by atoms with van der Waals surface area (Å²) < 4.78 is 5.09. The molecule has 90 valence electrons. The number of nitrogens with one attached hydrogen (secondary N) is 1. The summed E-state index contributed by atoms with van der Waals surface area (Å²) in [7, 11) is 1.63. The van der Waals surface area contributed by atoms with Gasteiger partial charge in [0.15, 0.2) is 0 Å². The smallest absolute Gasteiger partial charge is 0.119 e. The van der Waals surface area contributed by atoms with Gasteiger partial charge < -0.3 is 15.2 Å². The van der Waals surface area contributed by atoms with Crippen molar-refractivity contribution in [2.75, 3.05) is 19.0 Å². The van der Waals surface area contributed by atoms with Crippen LogP contribution in [0.2, 0.25) is 0 Å². The summed E-state index contributed by atoms with van der Waals surface area (Å²) in [6.45, 7) is 0.0134. The Balaban J connectivity index is 2.07. The first-order chi connectivity index (χ1) is 8.33. The molecule has 0 amide bonds. The first kappa shape index (κ1) is 11.9. The van der Waals surface area contributed by atoms with Crippen LogP contribution in [0, 0.1) is 0 Å². The Hall–Kier alpha value is -1.59. The fourth-order valence-electron chi connectivity index (χ4n) is 1.48. The van der Waals surface area contributed by atoms with E-state index in [2.05, 4.69) is 10.3 Å². The van der Waals surface area contributed by atoms with Gasteiger partial charge in [0.1, 0.15) is 16.8 Å². The van der Waals surface area contributed by atoms with Crippen LogP contribution >= 0.6 is 11.3 Å². The molecule has 2 rings (SSSR count). The Kier molecular flexibility index (Phi) is 3.95. The molecule has 1 atom stereocenters. The molecule has 5 heteroatoms. The van der Waals surface area contributed by atoms with Crippen molar-refractivity contribution in [1.29, 1.82) is 0 Å². The number of nitrogens with zero attached hydrogens (tertiary/aromatic N) is 1. The summed E-state index contributed by atoms with van der Waals surface area (Å²) in [4.78, 5) is 4.19. The Bertz CT molecular complexity index is 442. The topological polar surface area (TPSA) is 54.4 Å². The zero-order chi connectivity index (χ0) is 12.1. The molecule has 1 heterocycles. The van der Waals surface area contributed by atoms with Crippen LogP contribution in [0.25, 0.3) is 0 Å². The minimum absolute atomic E-state index is 0.0134. The van der Waals surface area contributed by atoms with Gasteiger partial charge in [-0.25, -0.2) is 4.98 Å². The van der Waals surface area contributed by atoms with Crippen LogP contribution in [0.4, 0.5) is 5.69 Å². The summed E-state index contributed by atoms with van der Waals surface area (Å²) in [5.41, 5.74) is 0.931. The normalized spacial score (nSPS) is 12.1. The third-order valence-electron chi connectivity index (χ3n) is 2.36. The zero-order valence-electron chi connectivity index (χ0n) is 9.46. The summed E-state index contributed by atoms with van der Waals surface area (Å²) in [5, 5.41) is 15.3. The number of anilines is 1. The van der Waals surface area contributed by atoms with Crippen LogP contribution in [0.3, 0.4) is 0 Å². The molecule has 17 heavy (non-hydrogen) atoms. The van der Waals surface area contributed by atoms with Gasteiger partial charge in [-0.2, -0.15) is 0 Å². The minimum atomic E-state index is -0.164. The summed E-state index contributed by atoms with van der Waals surface area (Å²) in [5.74, 6) is 0.811. The molecule has 0 spiro atoms. The Morgan fingerprint density at radius 1 is 1.41 bits per heavy atom. The highest BCUT2D eigenvalue weighted by atomic mass is 32.1. The number of ether oxygens (including phenoxy) is 1. The number of aliphatic hydroxyl groups is 1. The third kappa shape index (κ3) is 2.95. The fourth-order valence-corrected chi connectivity index (χ4v) is 2.16. The maximum atomic E-state index is 9.34. The Morgan fingerprint density at radius 2 is 2.18 bits per heavy atom. The average molecular weight is 250 g/mol. The molecule has 0 aliphatic rings. The molecule has 2 N–H and O–H groups in total. The molecule has 1 aromatic heterocycles. The van der Waals surface area contributed by atoms with Gasteiger partial charge in [0, 0.05) is 17.3 Å². The number of rotatable bonds is 5. The number of hydrogen-bond acceptors (Lipinski definition) is 5. The van der Waals surface area contributed by atoms with Crippen molar-refractivity contribution in [2.24, 2.45) is 0 Å². The standard InChI is InChI=1S/C12H14N2O2S/c1-16-10-4-2-9(3-5-10)14-11(8-15)12-13-6-7-17-12/h2-7,11,14-15H,8H2,1H3. The van der Waals surface area contributed by atoms with Crippen LogP contribution in [0.5, 0.6) is 5.75 Å². The molecular formula is C12H14N2O2S. The SMILES string of the molecule is COc1ccc(NC(CO)c2nccs2)cc1. The van der Waals surface area contributed by atoms with Gasteiger partial charge in [0.25, 0.3) is 0 Å². The van der Waals surface area contributed by atoms with Gasteiger partial charge in [-0.05, 0) is 24.3 Å². The second-order valence-electron chi connectivity index (χ2n) is 3.48. The highest BCUT2D eigenvalue weighted by molar-refractivity contribution is 7.09. The molecule has 1 aromatic carbocycles. The first-order valence-electron chi connectivity index (χ1n) is 5.24. The molecule has 1 unspecified atom stereocenters. The fraction of sp³-hybridized carbons (Fsp3) is 0.250. The summed E-state index contributed by atoms with van der Waals surface area (Å²) in [6.07, 6.45) is 1.73. The monoisotopic (exact) mass is 250 g/mol. The van der Waals surface area contributed by atoms with E-state index in [0.717, 1.165) is 16.4 Å². The molecule has 0 saturated carbocycles. The van der Waals surface area contributed by atoms with Crippen LogP contribution in [0.15, 0.2) is 35.8 Å². The van der Waals surface area contributed by atoms with E-state index >= 15 is 0 Å². The van der Waals surface area contributed by atoms with Crippen LogP contribution in [-0.2, 0) is 0 Å². The van der Waals surface area contributed by atoms with E-state index in [1.54, 1.807) is 13.3 Å². The van der Waals surface area contributed by atoms with Crippen molar-refractivity contribution in [3.63, 3.8) is 0 Å². The van der Waals surface area contributed by atoms with E-state index in [1.165, 1.54) is 11.3 Å². The first-order valence-corrected chi connectivity index (χ1v) is 6.12. The molecule has 0 saturated heterocycles. The van der Waals surface area contributed by atoms with Gasteiger partial charge in [-0.1, -0.05) is 0 Å². The van der Waals surface area contributed by atoms with E-state index in [9.17, 15) is 5.11 Å². The molecule has 0 radical (unpaired) electrons. The van der Waals surface area contributed by atoms with Crippen LogP contribution in [-0.4, -0.2) is 23.8 Å². The number of thiazole rings is 1. The number of benzene rings is 1. The predicted octanol–water partition coefficient (Wildman–Crippen LogP) is 2.30.